The molecule has 1 amide bonds. The Morgan fingerprint density at radius 3 is 2.71 bits per heavy atom. The molecule has 21 heavy (non-hydrogen) atoms. The summed E-state index contributed by atoms with van der Waals surface area (Å²) in [7, 11) is 0. The van der Waals surface area contributed by atoms with Crippen molar-refractivity contribution in [3.8, 4) is 0 Å². The topological polar surface area (TPSA) is 79.5 Å². The number of nitrogens with one attached hydrogen (secondary N) is 1. The van der Waals surface area contributed by atoms with Gasteiger partial charge in [-0.1, -0.05) is 12.1 Å². The number of aromatic carboxylic acids is 1. The predicted molar refractivity (Wildman–Crippen MR) is 77.0 cm³/mol. The maximum Gasteiger partial charge on any atom is 0.335 e. The van der Waals surface area contributed by atoms with E-state index in [0.717, 1.165) is 17.1 Å². The number of carboxylic acid groups (broad SMARTS) is 1. The molecule has 5 heteroatoms. The average Bonchev–Trinajstić information content (AvgIpc) is 2.89. The number of aryl methyl sites for hydroxylation is 2. The number of hydrogen-bond donors (Lipinski definition) is 2. The highest BCUT2D eigenvalue weighted by Gasteiger charge is 2.06. The van der Waals surface area contributed by atoms with E-state index in [-0.39, 0.29) is 11.5 Å². The summed E-state index contributed by atoms with van der Waals surface area (Å²) in [5.41, 5.74) is 0.977. The molecule has 2 N–H and O–H groups in total. The normalized spacial score (nSPS) is 10.3. The molecule has 110 valence electrons. The zero-order valence-corrected chi connectivity index (χ0v) is 11.8. The quantitative estimate of drug-likeness (QED) is 0.855. The second-order valence-corrected chi connectivity index (χ2v) is 4.79. The number of rotatable bonds is 6. The monoisotopic (exact) mass is 287 g/mol. The summed E-state index contributed by atoms with van der Waals surface area (Å²) < 4.78 is 5.39. The Morgan fingerprint density at radius 1 is 1.24 bits per heavy atom. The maximum absolute atomic E-state index is 11.7. The van der Waals surface area contributed by atoms with E-state index in [0.29, 0.717) is 19.4 Å². The second kappa shape index (κ2) is 6.74. The first-order valence-corrected chi connectivity index (χ1v) is 6.69. The lowest BCUT2D eigenvalue weighted by molar-refractivity contribution is -0.121. The standard InChI is InChI=1S/C16H17NO4/c1-11-5-6-14(21-11)7-8-15(18)17-10-12-3-2-4-13(9-12)16(19)20/h2-6,9H,7-8,10H2,1H3,(H,17,18)(H,19,20). The van der Waals surface area contributed by atoms with Crippen LogP contribution in [0.5, 0.6) is 0 Å². The fourth-order valence-corrected chi connectivity index (χ4v) is 1.96. The van der Waals surface area contributed by atoms with Crippen molar-refractivity contribution in [2.24, 2.45) is 0 Å². The summed E-state index contributed by atoms with van der Waals surface area (Å²) in [5, 5.41) is 11.7. The van der Waals surface area contributed by atoms with E-state index in [9.17, 15) is 9.59 Å². The van der Waals surface area contributed by atoms with E-state index in [1.807, 2.05) is 19.1 Å². The van der Waals surface area contributed by atoms with Gasteiger partial charge >= 0.3 is 5.97 Å². The highest BCUT2D eigenvalue weighted by molar-refractivity contribution is 5.87. The van der Waals surface area contributed by atoms with Gasteiger partial charge in [0.1, 0.15) is 11.5 Å². The van der Waals surface area contributed by atoms with Gasteiger partial charge in [-0.25, -0.2) is 4.79 Å². The molecule has 5 nitrogen and oxygen atoms in total. The molecular formula is C16H17NO4. The molecule has 0 saturated carbocycles. The van der Waals surface area contributed by atoms with Crippen LogP contribution in [0.15, 0.2) is 40.8 Å². The molecule has 0 saturated heterocycles. The summed E-state index contributed by atoms with van der Waals surface area (Å²) >= 11 is 0. The molecule has 0 aliphatic carbocycles. The van der Waals surface area contributed by atoms with Crippen LogP contribution in [-0.4, -0.2) is 17.0 Å². The highest BCUT2D eigenvalue weighted by Crippen LogP contribution is 2.09. The number of furan rings is 1. The van der Waals surface area contributed by atoms with E-state index >= 15 is 0 Å². The van der Waals surface area contributed by atoms with Crippen LogP contribution in [0.1, 0.15) is 33.9 Å². The number of carbonyl (C=O) groups excluding carboxylic acids is 1. The van der Waals surface area contributed by atoms with Crippen molar-refractivity contribution in [1.82, 2.24) is 5.32 Å². The van der Waals surface area contributed by atoms with Gasteiger partial charge in [-0.15, -0.1) is 0 Å². The third kappa shape index (κ3) is 4.49. The minimum Gasteiger partial charge on any atom is -0.478 e. The third-order valence-corrected chi connectivity index (χ3v) is 3.06. The smallest absolute Gasteiger partial charge is 0.335 e. The zero-order chi connectivity index (χ0) is 15.2. The van der Waals surface area contributed by atoms with E-state index in [4.69, 9.17) is 9.52 Å². The lowest BCUT2D eigenvalue weighted by atomic mass is 10.1. The molecule has 0 fully saturated rings. The third-order valence-electron chi connectivity index (χ3n) is 3.06. The van der Waals surface area contributed by atoms with Gasteiger partial charge in [-0.3, -0.25) is 4.79 Å². The van der Waals surface area contributed by atoms with Crippen LogP contribution in [0.4, 0.5) is 0 Å². The fourth-order valence-electron chi connectivity index (χ4n) is 1.96. The van der Waals surface area contributed by atoms with Gasteiger partial charge in [-0.05, 0) is 36.8 Å². The van der Waals surface area contributed by atoms with Crippen molar-refractivity contribution in [3.05, 3.63) is 59.0 Å². The Morgan fingerprint density at radius 2 is 2.05 bits per heavy atom. The molecule has 2 rings (SSSR count). The molecule has 1 aromatic heterocycles. The SMILES string of the molecule is Cc1ccc(CCC(=O)NCc2cccc(C(=O)O)c2)o1. The lowest BCUT2D eigenvalue weighted by Gasteiger charge is -2.05. The van der Waals surface area contributed by atoms with Crippen LogP contribution in [0.25, 0.3) is 0 Å². The number of carbonyl (C=O) groups is 2. The Balaban J connectivity index is 1.81. The Hall–Kier alpha value is -2.56. The first-order chi connectivity index (χ1) is 10.0. The van der Waals surface area contributed by atoms with Crippen molar-refractivity contribution >= 4 is 11.9 Å². The van der Waals surface area contributed by atoms with E-state index in [1.165, 1.54) is 6.07 Å². The molecule has 2 aromatic rings. The Labute approximate surface area is 122 Å². The summed E-state index contributed by atoms with van der Waals surface area (Å²) in [6.07, 6.45) is 0.889. The van der Waals surface area contributed by atoms with Gasteiger partial charge in [0.15, 0.2) is 0 Å². The Bertz CT molecular complexity index is 645. The minimum atomic E-state index is -0.976. The van der Waals surface area contributed by atoms with Crippen LogP contribution in [0.2, 0.25) is 0 Å². The van der Waals surface area contributed by atoms with Gasteiger partial charge in [0.2, 0.25) is 5.91 Å². The zero-order valence-electron chi connectivity index (χ0n) is 11.8. The van der Waals surface area contributed by atoms with Gasteiger partial charge in [0.25, 0.3) is 0 Å². The molecule has 0 bridgehead atoms. The van der Waals surface area contributed by atoms with Gasteiger partial charge in [0.05, 0.1) is 5.56 Å². The highest BCUT2D eigenvalue weighted by atomic mass is 16.4. The van der Waals surface area contributed by atoms with Crippen molar-refractivity contribution in [2.45, 2.75) is 26.3 Å². The summed E-state index contributed by atoms with van der Waals surface area (Å²) in [6.45, 7) is 2.18. The average molecular weight is 287 g/mol. The summed E-state index contributed by atoms with van der Waals surface area (Å²) in [6, 6.07) is 10.2. The maximum atomic E-state index is 11.7. The summed E-state index contributed by atoms with van der Waals surface area (Å²) in [5.74, 6) is 0.549. The fraction of sp³-hybridized carbons (Fsp3) is 0.250. The minimum absolute atomic E-state index is 0.0928. The van der Waals surface area contributed by atoms with Crippen LogP contribution in [-0.2, 0) is 17.8 Å². The number of hydrogen-bond acceptors (Lipinski definition) is 3. The lowest BCUT2D eigenvalue weighted by Crippen LogP contribution is -2.23. The van der Waals surface area contributed by atoms with Crippen LogP contribution in [0, 0.1) is 6.92 Å². The van der Waals surface area contributed by atoms with Crippen LogP contribution >= 0.6 is 0 Å². The van der Waals surface area contributed by atoms with Crippen molar-refractivity contribution in [2.75, 3.05) is 0 Å². The molecule has 0 atom stereocenters. The van der Waals surface area contributed by atoms with Gasteiger partial charge < -0.3 is 14.8 Å². The molecule has 0 aliphatic heterocycles. The molecular weight excluding hydrogens is 270 g/mol. The largest absolute Gasteiger partial charge is 0.478 e. The number of amides is 1. The van der Waals surface area contributed by atoms with E-state index in [2.05, 4.69) is 5.32 Å². The van der Waals surface area contributed by atoms with E-state index < -0.39 is 5.97 Å². The van der Waals surface area contributed by atoms with Gasteiger partial charge in [0, 0.05) is 19.4 Å². The number of carboxylic acids is 1. The molecule has 0 radical (unpaired) electrons. The molecule has 0 aliphatic rings. The van der Waals surface area contributed by atoms with Crippen LogP contribution in [0.3, 0.4) is 0 Å². The van der Waals surface area contributed by atoms with Crippen molar-refractivity contribution in [1.29, 1.82) is 0 Å². The molecule has 0 spiro atoms. The second-order valence-electron chi connectivity index (χ2n) is 4.79. The first-order valence-electron chi connectivity index (χ1n) is 6.69. The predicted octanol–water partition coefficient (Wildman–Crippen LogP) is 2.54. The van der Waals surface area contributed by atoms with Crippen molar-refractivity contribution < 1.29 is 19.1 Å². The van der Waals surface area contributed by atoms with Crippen LogP contribution < -0.4 is 5.32 Å². The summed E-state index contributed by atoms with van der Waals surface area (Å²) in [4.78, 5) is 22.6. The van der Waals surface area contributed by atoms with E-state index in [1.54, 1.807) is 18.2 Å². The van der Waals surface area contributed by atoms with Gasteiger partial charge in [-0.2, -0.15) is 0 Å². The molecule has 1 heterocycles. The Kier molecular flexibility index (Phi) is 4.77. The molecule has 1 aromatic carbocycles. The first kappa shape index (κ1) is 14.8. The van der Waals surface area contributed by atoms with Crippen molar-refractivity contribution in [3.63, 3.8) is 0 Å². The molecule has 0 unspecified atom stereocenters. The number of benzene rings is 1.